The van der Waals surface area contributed by atoms with Crippen LogP contribution in [0.2, 0.25) is 0 Å². The summed E-state index contributed by atoms with van der Waals surface area (Å²) in [5, 5.41) is 17.6. The van der Waals surface area contributed by atoms with Crippen molar-refractivity contribution in [3.63, 3.8) is 0 Å². The zero-order chi connectivity index (χ0) is 32.4. The minimum absolute atomic E-state index is 0. The number of nitrogens with zero attached hydrogens (tertiary/aromatic N) is 5. The van der Waals surface area contributed by atoms with Crippen molar-refractivity contribution in [2.45, 2.75) is 76.3 Å². The number of aromatic nitrogens is 6. The average Bonchev–Trinajstić information content (AvgIpc) is 3.71. The van der Waals surface area contributed by atoms with Gasteiger partial charge in [0.15, 0.2) is 11.9 Å². The van der Waals surface area contributed by atoms with E-state index in [9.17, 15) is 27.9 Å². The number of aliphatic hydroxyl groups is 1. The molecule has 2 aromatic carbocycles. The number of alkyl halides is 3. The predicted molar refractivity (Wildman–Crippen MR) is 168 cm³/mol. The standard InChI is InChI=1S/C32H33F3N6O5.K.H/c1-2-5-26-25(16-19-8-10-20(11-9-19)23-6-3-4-7-24(23)28-38-31(44)46-39-28)29(43)40(30-36-18-37-41(26)30)21-12-14-22(15-13-21)45-17-27(42)32(33,34)35;;/h3-4,6-11,18,21-22,27,42H,2,5,12-17H2,1H3,(H,38,39,44);;. The third-order valence-electron chi connectivity index (χ3n) is 8.46. The molecule has 0 saturated heterocycles. The fourth-order valence-corrected chi connectivity index (χ4v) is 6.16. The third-order valence-corrected chi connectivity index (χ3v) is 8.46. The normalized spacial score (nSPS) is 17.5. The van der Waals surface area contributed by atoms with E-state index >= 15 is 0 Å². The molecule has 1 unspecified atom stereocenters. The molecule has 1 aliphatic rings. The van der Waals surface area contributed by atoms with E-state index in [1.807, 2.05) is 55.5 Å². The van der Waals surface area contributed by atoms with Crippen molar-refractivity contribution in [1.29, 1.82) is 0 Å². The van der Waals surface area contributed by atoms with Crippen molar-refractivity contribution < 1.29 is 27.5 Å². The molecule has 1 atom stereocenters. The zero-order valence-electron chi connectivity index (χ0n) is 25.0. The van der Waals surface area contributed by atoms with Crippen molar-refractivity contribution in [2.24, 2.45) is 0 Å². The van der Waals surface area contributed by atoms with Gasteiger partial charge in [-0.2, -0.15) is 23.3 Å². The van der Waals surface area contributed by atoms with Crippen LogP contribution in [-0.2, 0) is 17.6 Å². The zero-order valence-corrected chi connectivity index (χ0v) is 25.0. The van der Waals surface area contributed by atoms with E-state index in [4.69, 9.17) is 9.26 Å². The first-order chi connectivity index (χ1) is 22.1. The number of aromatic amines is 1. The molecule has 1 saturated carbocycles. The van der Waals surface area contributed by atoms with Crippen LogP contribution in [0.1, 0.15) is 61.9 Å². The Morgan fingerprint density at radius 1 is 1.06 bits per heavy atom. The molecule has 1 fully saturated rings. The Hall–Kier alpha value is -2.92. The molecule has 0 spiro atoms. The Kier molecular flexibility index (Phi) is 11.4. The number of halogens is 3. The first-order valence-corrected chi connectivity index (χ1v) is 15.2. The molecule has 15 heteroatoms. The van der Waals surface area contributed by atoms with Gasteiger partial charge in [0.05, 0.1) is 18.4 Å². The number of hydrogen-bond acceptors (Lipinski definition) is 8. The molecule has 6 rings (SSSR count). The van der Waals surface area contributed by atoms with Crippen LogP contribution in [0.15, 0.2) is 69.0 Å². The van der Waals surface area contributed by atoms with Crippen molar-refractivity contribution in [1.82, 2.24) is 29.3 Å². The van der Waals surface area contributed by atoms with Crippen LogP contribution < -0.4 is 11.3 Å². The second-order valence-electron chi connectivity index (χ2n) is 11.5. The molecule has 3 heterocycles. The Bertz CT molecular complexity index is 1930. The molecule has 244 valence electrons. The van der Waals surface area contributed by atoms with Crippen molar-refractivity contribution in [2.75, 3.05) is 6.61 Å². The Labute approximate surface area is 309 Å². The average molecular weight is 679 g/mol. The molecule has 0 aliphatic heterocycles. The third kappa shape index (κ3) is 7.71. The van der Waals surface area contributed by atoms with Crippen LogP contribution in [0.3, 0.4) is 0 Å². The second-order valence-corrected chi connectivity index (χ2v) is 11.5. The van der Waals surface area contributed by atoms with Gasteiger partial charge < -0.3 is 9.84 Å². The molecule has 0 radical (unpaired) electrons. The summed E-state index contributed by atoms with van der Waals surface area (Å²) in [6.45, 7) is 1.22. The van der Waals surface area contributed by atoms with Gasteiger partial charge in [-0.15, -0.1) is 0 Å². The van der Waals surface area contributed by atoms with Gasteiger partial charge in [-0.05, 0) is 48.8 Å². The number of hydrogen-bond donors (Lipinski definition) is 2. The van der Waals surface area contributed by atoms with E-state index in [2.05, 4.69) is 20.2 Å². The SMILES string of the molecule is CCCc1c(Cc2ccc(-c3ccccc3-c3noc(=O)[nH]3)cc2)c(=O)n(C2CCC(OCC(O)C(F)(F)F)CC2)c2ncnn12.[KH]. The van der Waals surface area contributed by atoms with E-state index in [1.165, 1.54) is 6.33 Å². The molecule has 0 amide bonds. The molecule has 0 bridgehead atoms. The first-order valence-electron chi connectivity index (χ1n) is 15.2. The fourth-order valence-electron chi connectivity index (χ4n) is 6.16. The van der Waals surface area contributed by atoms with Gasteiger partial charge in [0.2, 0.25) is 5.78 Å². The van der Waals surface area contributed by atoms with Crippen LogP contribution in [0, 0.1) is 0 Å². The van der Waals surface area contributed by atoms with E-state index in [0.717, 1.165) is 28.8 Å². The molecular weight excluding hydrogens is 644 g/mol. The number of benzene rings is 2. The van der Waals surface area contributed by atoms with Crippen LogP contribution >= 0.6 is 0 Å². The first kappa shape index (κ1) is 35.4. The van der Waals surface area contributed by atoms with Gasteiger partial charge in [-0.25, -0.2) is 9.31 Å². The van der Waals surface area contributed by atoms with Gasteiger partial charge in [0, 0.05) is 23.6 Å². The fraction of sp³-hybridized carbons (Fsp3) is 0.406. The number of rotatable bonds is 10. The van der Waals surface area contributed by atoms with Crippen molar-refractivity contribution in [3.05, 3.63) is 92.6 Å². The van der Waals surface area contributed by atoms with Gasteiger partial charge in [0.25, 0.3) is 5.56 Å². The Balaban J connectivity index is 0.00000433. The number of nitrogens with one attached hydrogen (secondary N) is 1. The van der Waals surface area contributed by atoms with Crippen LogP contribution in [-0.4, -0.2) is 111 Å². The minimum atomic E-state index is -4.73. The number of aliphatic hydroxyl groups excluding tert-OH is 1. The van der Waals surface area contributed by atoms with E-state index in [1.54, 1.807) is 9.08 Å². The number of ether oxygens (including phenoxy) is 1. The van der Waals surface area contributed by atoms with Gasteiger partial charge in [0.1, 0.15) is 6.33 Å². The summed E-state index contributed by atoms with van der Waals surface area (Å²) in [5.41, 5.74) is 4.61. The quantitative estimate of drug-likeness (QED) is 0.209. The molecule has 1 aliphatic carbocycles. The summed E-state index contributed by atoms with van der Waals surface area (Å²) in [6, 6.07) is 15.1. The Morgan fingerprint density at radius 2 is 1.77 bits per heavy atom. The molecule has 2 N–H and O–H groups in total. The predicted octanol–water partition coefficient (Wildman–Crippen LogP) is 4.22. The van der Waals surface area contributed by atoms with E-state index < -0.39 is 30.7 Å². The summed E-state index contributed by atoms with van der Waals surface area (Å²) in [5.74, 6) is 0.127. The molecule has 47 heavy (non-hydrogen) atoms. The number of fused-ring (bicyclic) bond motifs is 1. The van der Waals surface area contributed by atoms with Crippen LogP contribution in [0.4, 0.5) is 13.2 Å². The van der Waals surface area contributed by atoms with Crippen LogP contribution in [0.5, 0.6) is 0 Å². The van der Waals surface area contributed by atoms with Crippen LogP contribution in [0.25, 0.3) is 28.3 Å². The summed E-state index contributed by atoms with van der Waals surface area (Å²) >= 11 is 0. The maximum absolute atomic E-state index is 14.2. The van der Waals surface area contributed by atoms with Crippen molar-refractivity contribution >= 4 is 57.2 Å². The Morgan fingerprint density at radius 3 is 2.40 bits per heavy atom. The summed E-state index contributed by atoms with van der Waals surface area (Å²) in [7, 11) is 0. The molecule has 11 nitrogen and oxygen atoms in total. The molecule has 5 aromatic rings. The molecular formula is C32H34F3KN6O5. The number of H-pyrrole nitrogens is 1. The summed E-state index contributed by atoms with van der Waals surface area (Å²) < 4.78 is 51.6. The van der Waals surface area contributed by atoms with Gasteiger partial charge in [-0.3, -0.25) is 18.9 Å². The van der Waals surface area contributed by atoms with Crippen molar-refractivity contribution in [3.8, 4) is 22.5 Å². The number of aryl methyl sites for hydroxylation is 1. The second kappa shape index (κ2) is 15.1. The van der Waals surface area contributed by atoms with E-state index in [-0.39, 0.29) is 63.0 Å². The monoisotopic (exact) mass is 678 g/mol. The topological polar surface area (TPSA) is 141 Å². The molecule has 3 aromatic heterocycles. The summed E-state index contributed by atoms with van der Waals surface area (Å²) in [6.07, 6.45) is -2.61. The maximum atomic E-state index is 14.2. The van der Waals surface area contributed by atoms with Gasteiger partial charge >= 0.3 is 63.3 Å². The van der Waals surface area contributed by atoms with Gasteiger partial charge in [-0.1, -0.05) is 67.0 Å². The summed E-state index contributed by atoms with van der Waals surface area (Å²) in [4.78, 5) is 32.8. The van der Waals surface area contributed by atoms with E-state index in [0.29, 0.717) is 61.3 Å².